The monoisotopic (exact) mass is 653 g/mol. The van der Waals surface area contributed by atoms with E-state index in [1.807, 2.05) is 18.2 Å². The highest BCUT2D eigenvalue weighted by Crippen LogP contribution is 2.53. The van der Waals surface area contributed by atoms with Crippen LogP contribution in [0.4, 0.5) is 5.82 Å². The Hall–Kier alpha value is -4.34. The number of ether oxygens (including phenoxy) is 4. The number of aromatic nitrogens is 4. The number of fused-ring (bicyclic) bond motifs is 3. The van der Waals surface area contributed by atoms with Crippen molar-refractivity contribution in [2.75, 3.05) is 18.9 Å². The fraction of sp³-hybridized carbons (Fsp3) is 0.429. The zero-order valence-electron chi connectivity index (χ0n) is 25.3. The molecule has 0 amide bonds. The summed E-state index contributed by atoms with van der Waals surface area (Å²) in [4.78, 5) is 28.2. The van der Waals surface area contributed by atoms with Crippen molar-refractivity contribution in [1.29, 1.82) is 0 Å². The van der Waals surface area contributed by atoms with Crippen LogP contribution in [0.5, 0.6) is 5.75 Å². The normalized spacial score (nSPS) is 25.4. The van der Waals surface area contributed by atoms with Crippen LogP contribution >= 0.6 is 7.75 Å². The van der Waals surface area contributed by atoms with Crippen LogP contribution in [0, 0.1) is 0 Å². The molecule has 6 rings (SSSR count). The first-order valence-corrected chi connectivity index (χ1v) is 15.9. The number of azide groups is 1. The molecular weight excluding hydrogens is 621 g/mol. The molecule has 3 N–H and O–H groups in total. The molecule has 4 heterocycles. The van der Waals surface area contributed by atoms with E-state index in [0.717, 1.165) is 5.39 Å². The molecule has 2 aromatic carbocycles. The number of carbonyl (C=O) groups excluding carboxylic acids is 1. The van der Waals surface area contributed by atoms with Crippen LogP contribution < -0.4 is 15.3 Å². The van der Waals surface area contributed by atoms with E-state index < -0.39 is 56.3 Å². The van der Waals surface area contributed by atoms with E-state index >= 15 is 0 Å². The van der Waals surface area contributed by atoms with Gasteiger partial charge in [-0.2, -0.15) is 5.09 Å². The highest BCUT2D eigenvalue weighted by atomic mass is 31.2. The third-order valence-corrected chi connectivity index (χ3v) is 9.07. The largest absolute Gasteiger partial charge is 0.465 e. The molecule has 242 valence electrons. The van der Waals surface area contributed by atoms with E-state index in [1.54, 1.807) is 49.6 Å². The fourth-order valence-corrected chi connectivity index (χ4v) is 7.02. The maximum absolute atomic E-state index is 14.5. The molecule has 6 atom stereocenters. The van der Waals surface area contributed by atoms with Crippen LogP contribution in [0.15, 0.2) is 60.2 Å². The molecule has 18 heteroatoms. The number of hydrogen-bond donors (Lipinski definition) is 2. The number of carbonyl (C=O) groups is 1. The van der Waals surface area contributed by atoms with Crippen molar-refractivity contribution in [2.45, 2.75) is 63.7 Å². The molecule has 2 aliphatic heterocycles. The van der Waals surface area contributed by atoms with Crippen LogP contribution in [0.1, 0.15) is 33.9 Å². The fourth-order valence-electron chi connectivity index (χ4n) is 5.49. The number of rotatable bonds is 11. The van der Waals surface area contributed by atoms with Crippen molar-refractivity contribution in [3.63, 3.8) is 0 Å². The molecule has 2 aliphatic rings. The van der Waals surface area contributed by atoms with Crippen molar-refractivity contribution in [1.82, 2.24) is 24.6 Å². The molecule has 17 nitrogen and oxygen atoms in total. The first-order chi connectivity index (χ1) is 22.0. The van der Waals surface area contributed by atoms with Gasteiger partial charge in [-0.1, -0.05) is 41.5 Å². The van der Waals surface area contributed by atoms with Gasteiger partial charge in [0.05, 0.1) is 19.5 Å². The number of anilines is 1. The van der Waals surface area contributed by atoms with Crippen molar-refractivity contribution >= 4 is 41.5 Å². The maximum atomic E-state index is 14.5. The zero-order valence-corrected chi connectivity index (χ0v) is 26.2. The molecule has 2 fully saturated rings. The number of nitrogens with zero attached hydrogens (tertiary/aromatic N) is 7. The summed E-state index contributed by atoms with van der Waals surface area (Å²) >= 11 is 0. The number of hydrogen-bond acceptors (Lipinski definition) is 13. The SMILES string of the molecule is CCOC(=O)[C@H](C)NP(=O)(OC[C@@]1(N=[N+]=[N-])O[C@@H](n2cnc3c(N)ncnc32)[C@@H]2OC(C)(C)O[C@@H]21)Oc1cccc2ccccc12. The Labute approximate surface area is 262 Å². The molecule has 0 bridgehead atoms. The molecule has 0 spiro atoms. The summed E-state index contributed by atoms with van der Waals surface area (Å²) in [5, 5.41) is 8.07. The van der Waals surface area contributed by atoms with Gasteiger partial charge >= 0.3 is 13.7 Å². The summed E-state index contributed by atoms with van der Waals surface area (Å²) in [6, 6.07) is 11.4. The van der Waals surface area contributed by atoms with Crippen LogP contribution in [0.3, 0.4) is 0 Å². The van der Waals surface area contributed by atoms with Gasteiger partial charge in [-0.15, -0.1) is 0 Å². The van der Waals surface area contributed by atoms with Gasteiger partial charge in [0.1, 0.15) is 35.8 Å². The standard InChI is InChI=1S/C28H32N9O8P/c1-5-40-26(38)16(2)34-46(39,45-19-12-8-10-17-9-6-7-11-18(17)19)41-13-28(35-36-30)22-21(42-27(3,4)43-22)25(44-28)37-15-33-20-23(29)31-14-32-24(20)37/h6-12,14-16,21-22,25H,5,13H2,1-4H3,(H,34,39)(H2,29,31,32)/t16-,21+,22-,25+,28+,46?/m0/s1. The van der Waals surface area contributed by atoms with E-state index in [9.17, 15) is 14.9 Å². The predicted octanol–water partition coefficient (Wildman–Crippen LogP) is 4.36. The Morgan fingerprint density at radius 3 is 2.76 bits per heavy atom. The number of imidazole rings is 1. The highest BCUT2D eigenvalue weighted by Gasteiger charge is 2.64. The molecule has 0 aliphatic carbocycles. The summed E-state index contributed by atoms with van der Waals surface area (Å²) in [5.74, 6) is -1.45. The Kier molecular flexibility index (Phi) is 8.33. The third kappa shape index (κ3) is 5.85. The minimum Gasteiger partial charge on any atom is -0.465 e. The van der Waals surface area contributed by atoms with Gasteiger partial charge in [-0.3, -0.25) is 13.9 Å². The first-order valence-electron chi connectivity index (χ1n) is 14.4. The van der Waals surface area contributed by atoms with Crippen LogP contribution in [-0.4, -0.2) is 68.5 Å². The van der Waals surface area contributed by atoms with Crippen LogP contribution in [0.2, 0.25) is 0 Å². The van der Waals surface area contributed by atoms with Crippen LogP contribution in [-0.2, 0) is 32.8 Å². The number of nitrogen functional groups attached to an aromatic ring is 1. The third-order valence-electron chi connectivity index (χ3n) is 7.46. The summed E-state index contributed by atoms with van der Waals surface area (Å²) in [6.07, 6.45) is -0.226. The van der Waals surface area contributed by atoms with E-state index in [2.05, 4.69) is 30.1 Å². The minimum absolute atomic E-state index is 0.102. The van der Waals surface area contributed by atoms with E-state index in [1.165, 1.54) is 19.6 Å². The van der Waals surface area contributed by atoms with Gasteiger partial charge in [0.2, 0.25) is 5.72 Å². The summed E-state index contributed by atoms with van der Waals surface area (Å²) in [5.41, 5.74) is 14.4. The lowest BCUT2D eigenvalue weighted by Gasteiger charge is -2.32. The number of esters is 1. The average Bonchev–Trinajstić information content (AvgIpc) is 3.68. The van der Waals surface area contributed by atoms with Crippen LogP contribution in [0.25, 0.3) is 32.4 Å². The second-order valence-corrected chi connectivity index (χ2v) is 12.8. The molecule has 4 aromatic rings. The second kappa shape index (κ2) is 12.1. The van der Waals surface area contributed by atoms with Crippen molar-refractivity contribution in [3.05, 3.63) is 65.6 Å². The average molecular weight is 654 g/mol. The van der Waals surface area contributed by atoms with Crippen molar-refractivity contribution < 1.29 is 37.4 Å². The van der Waals surface area contributed by atoms with Gasteiger partial charge in [0, 0.05) is 10.3 Å². The summed E-state index contributed by atoms with van der Waals surface area (Å²) in [6.45, 7) is 5.93. The summed E-state index contributed by atoms with van der Waals surface area (Å²) < 4.78 is 52.0. The molecule has 2 aromatic heterocycles. The van der Waals surface area contributed by atoms with Gasteiger partial charge in [0.25, 0.3) is 0 Å². The van der Waals surface area contributed by atoms with Crippen molar-refractivity contribution in [3.8, 4) is 5.75 Å². The Bertz CT molecular complexity index is 1880. The maximum Gasteiger partial charge on any atom is 0.459 e. The lowest BCUT2D eigenvalue weighted by atomic mass is 10.1. The Balaban J connectivity index is 1.37. The first kappa shape index (κ1) is 31.6. The number of benzene rings is 2. The number of nitrogens with one attached hydrogen (secondary N) is 1. The molecule has 0 saturated carbocycles. The molecule has 1 unspecified atom stereocenters. The van der Waals surface area contributed by atoms with Crippen molar-refractivity contribution in [2.24, 2.45) is 5.11 Å². The van der Waals surface area contributed by atoms with E-state index in [0.29, 0.717) is 16.6 Å². The smallest absolute Gasteiger partial charge is 0.459 e. The van der Waals surface area contributed by atoms with E-state index in [4.69, 9.17) is 33.7 Å². The molecule has 0 radical (unpaired) electrons. The lowest BCUT2D eigenvalue weighted by Crippen LogP contribution is -2.46. The Morgan fingerprint density at radius 2 is 1.98 bits per heavy atom. The molecule has 46 heavy (non-hydrogen) atoms. The van der Waals surface area contributed by atoms with Gasteiger partial charge in [-0.25, -0.2) is 19.5 Å². The minimum atomic E-state index is -4.46. The zero-order chi connectivity index (χ0) is 32.7. The Morgan fingerprint density at radius 1 is 1.20 bits per heavy atom. The topological polar surface area (TPSA) is 220 Å². The quantitative estimate of drug-likeness (QED) is 0.0756. The predicted molar refractivity (Wildman–Crippen MR) is 163 cm³/mol. The van der Waals surface area contributed by atoms with Gasteiger partial charge in [-0.05, 0) is 44.7 Å². The molecule has 2 saturated heterocycles. The lowest BCUT2D eigenvalue weighted by molar-refractivity contribution is -0.223. The van der Waals surface area contributed by atoms with Gasteiger partial charge < -0.3 is 29.2 Å². The summed E-state index contributed by atoms with van der Waals surface area (Å²) in [7, 11) is -4.46. The second-order valence-electron chi connectivity index (χ2n) is 11.1. The van der Waals surface area contributed by atoms with E-state index in [-0.39, 0.29) is 18.2 Å². The molecular formula is C28H32N9O8P. The van der Waals surface area contributed by atoms with Gasteiger partial charge in [0.15, 0.2) is 23.5 Å². The number of nitrogens with two attached hydrogens (primary N) is 1. The highest BCUT2D eigenvalue weighted by molar-refractivity contribution is 7.52.